The molecule has 0 aromatic rings. The fraction of sp³-hybridized carbons (Fsp3) is 0.750. The minimum atomic E-state index is 0.182. The maximum Gasteiger partial charge on any atom is 0.219 e. The first-order valence-electron chi connectivity index (χ1n) is 8.36. The molecule has 1 aliphatic heterocycles. The Morgan fingerprint density at radius 3 is 2.50 bits per heavy atom. The van der Waals surface area contributed by atoms with Gasteiger partial charge in [-0.25, -0.2) is 0 Å². The second-order valence-corrected chi connectivity index (χ2v) is 5.89. The maximum absolute atomic E-state index is 11.3. The molecule has 0 saturated carbocycles. The first kappa shape index (κ1) is 16.8. The summed E-state index contributed by atoms with van der Waals surface area (Å²) in [6, 6.07) is 0.483. The standard InChI is InChI=1S/C16H29N5O/c1-3-17-16(19-15-6-4-5-7-15)18-8-9-20-10-12-21(13-11-20)14(2)22/h4-5,15H,3,6-13H2,1-2H3,(H2,17,18,19). The van der Waals surface area contributed by atoms with Crippen LogP contribution in [0.3, 0.4) is 0 Å². The number of amides is 1. The van der Waals surface area contributed by atoms with Crippen LogP contribution in [0.25, 0.3) is 0 Å². The predicted molar refractivity (Wildman–Crippen MR) is 90.0 cm³/mol. The third-order valence-electron chi connectivity index (χ3n) is 4.20. The topological polar surface area (TPSA) is 60.0 Å². The number of nitrogens with one attached hydrogen (secondary N) is 2. The highest BCUT2D eigenvalue weighted by atomic mass is 16.2. The first-order valence-corrected chi connectivity index (χ1v) is 8.36. The molecule has 0 aromatic carbocycles. The summed E-state index contributed by atoms with van der Waals surface area (Å²) in [4.78, 5) is 20.3. The largest absolute Gasteiger partial charge is 0.357 e. The molecule has 2 rings (SSSR count). The minimum Gasteiger partial charge on any atom is -0.357 e. The summed E-state index contributed by atoms with van der Waals surface area (Å²) < 4.78 is 0. The Labute approximate surface area is 133 Å². The van der Waals surface area contributed by atoms with Crippen LogP contribution in [0.15, 0.2) is 17.1 Å². The number of nitrogens with zero attached hydrogens (tertiary/aromatic N) is 3. The molecule has 1 amide bonds. The van der Waals surface area contributed by atoms with E-state index in [4.69, 9.17) is 0 Å². The van der Waals surface area contributed by atoms with Crippen LogP contribution in [0.4, 0.5) is 0 Å². The van der Waals surface area contributed by atoms with E-state index in [9.17, 15) is 4.79 Å². The zero-order chi connectivity index (χ0) is 15.8. The summed E-state index contributed by atoms with van der Waals surface area (Å²) in [6.45, 7) is 9.93. The maximum atomic E-state index is 11.3. The normalized spacial score (nSPS) is 20.5. The number of rotatable bonds is 5. The van der Waals surface area contributed by atoms with E-state index in [1.54, 1.807) is 6.92 Å². The van der Waals surface area contributed by atoms with Gasteiger partial charge in [-0.15, -0.1) is 0 Å². The molecule has 1 heterocycles. The summed E-state index contributed by atoms with van der Waals surface area (Å²) in [5, 5.41) is 6.79. The molecule has 6 nitrogen and oxygen atoms in total. The van der Waals surface area contributed by atoms with Gasteiger partial charge in [0.25, 0.3) is 0 Å². The smallest absolute Gasteiger partial charge is 0.219 e. The molecule has 0 aromatic heterocycles. The van der Waals surface area contributed by atoms with E-state index < -0.39 is 0 Å². The van der Waals surface area contributed by atoms with Crippen LogP contribution in [0.1, 0.15) is 26.7 Å². The van der Waals surface area contributed by atoms with Gasteiger partial charge in [-0.05, 0) is 19.8 Å². The van der Waals surface area contributed by atoms with Gasteiger partial charge in [0, 0.05) is 52.2 Å². The molecule has 0 radical (unpaired) electrons. The quantitative estimate of drug-likeness (QED) is 0.439. The number of carbonyl (C=O) groups excluding carboxylic acids is 1. The number of hydrogen-bond acceptors (Lipinski definition) is 3. The summed E-state index contributed by atoms with van der Waals surface area (Å²) >= 11 is 0. The molecular weight excluding hydrogens is 278 g/mol. The summed E-state index contributed by atoms with van der Waals surface area (Å²) in [7, 11) is 0. The van der Waals surface area contributed by atoms with Crippen LogP contribution in [0, 0.1) is 0 Å². The molecule has 1 fully saturated rings. The van der Waals surface area contributed by atoms with Crippen molar-refractivity contribution in [1.82, 2.24) is 20.4 Å². The lowest BCUT2D eigenvalue weighted by atomic mass is 10.2. The van der Waals surface area contributed by atoms with Gasteiger partial charge in [0.05, 0.1) is 6.54 Å². The molecule has 1 saturated heterocycles. The number of aliphatic imine (C=N–C) groups is 1. The molecule has 6 heteroatoms. The van der Waals surface area contributed by atoms with Gasteiger partial charge in [0.2, 0.25) is 5.91 Å². The Morgan fingerprint density at radius 1 is 1.23 bits per heavy atom. The van der Waals surface area contributed by atoms with Crippen molar-refractivity contribution in [3.63, 3.8) is 0 Å². The van der Waals surface area contributed by atoms with E-state index >= 15 is 0 Å². The van der Waals surface area contributed by atoms with Crippen LogP contribution in [-0.2, 0) is 4.79 Å². The highest BCUT2D eigenvalue weighted by molar-refractivity contribution is 5.80. The number of carbonyl (C=O) groups is 1. The number of piperazine rings is 1. The highest BCUT2D eigenvalue weighted by Crippen LogP contribution is 2.08. The monoisotopic (exact) mass is 307 g/mol. The second-order valence-electron chi connectivity index (χ2n) is 5.89. The van der Waals surface area contributed by atoms with E-state index in [0.717, 1.165) is 64.6 Å². The van der Waals surface area contributed by atoms with Crippen molar-refractivity contribution in [3.05, 3.63) is 12.2 Å². The van der Waals surface area contributed by atoms with Crippen molar-refractivity contribution in [1.29, 1.82) is 0 Å². The lowest BCUT2D eigenvalue weighted by Crippen LogP contribution is -2.48. The first-order chi connectivity index (χ1) is 10.7. The molecule has 2 N–H and O–H groups in total. The lowest BCUT2D eigenvalue weighted by molar-refractivity contribution is -0.130. The summed E-state index contributed by atoms with van der Waals surface area (Å²) in [5.41, 5.74) is 0. The average molecular weight is 307 g/mol. The van der Waals surface area contributed by atoms with Crippen molar-refractivity contribution in [2.24, 2.45) is 4.99 Å². The third-order valence-corrected chi connectivity index (χ3v) is 4.20. The van der Waals surface area contributed by atoms with Crippen LogP contribution >= 0.6 is 0 Å². The minimum absolute atomic E-state index is 0.182. The van der Waals surface area contributed by atoms with E-state index in [0.29, 0.717) is 6.04 Å². The lowest BCUT2D eigenvalue weighted by Gasteiger charge is -2.33. The molecule has 1 aliphatic carbocycles. The van der Waals surface area contributed by atoms with Crippen molar-refractivity contribution in [3.8, 4) is 0 Å². The molecule has 124 valence electrons. The Balaban J connectivity index is 1.70. The third kappa shape index (κ3) is 5.33. The molecule has 2 aliphatic rings. The van der Waals surface area contributed by atoms with Gasteiger partial charge in [-0.3, -0.25) is 14.7 Å². The van der Waals surface area contributed by atoms with Gasteiger partial charge in [-0.2, -0.15) is 0 Å². The Hall–Kier alpha value is -1.56. The average Bonchev–Trinajstić information content (AvgIpc) is 3.01. The number of guanidine groups is 1. The van der Waals surface area contributed by atoms with Crippen molar-refractivity contribution in [2.45, 2.75) is 32.7 Å². The Kier molecular flexibility index (Phi) is 6.71. The SMILES string of the molecule is CCNC(=NCCN1CCN(C(C)=O)CC1)NC1CC=CC1. The van der Waals surface area contributed by atoms with Crippen molar-refractivity contribution >= 4 is 11.9 Å². The van der Waals surface area contributed by atoms with Gasteiger partial charge < -0.3 is 15.5 Å². The van der Waals surface area contributed by atoms with E-state index in [-0.39, 0.29) is 5.91 Å². The fourth-order valence-electron chi connectivity index (χ4n) is 2.84. The van der Waals surface area contributed by atoms with Crippen molar-refractivity contribution in [2.75, 3.05) is 45.8 Å². The molecule has 0 bridgehead atoms. The fourth-order valence-corrected chi connectivity index (χ4v) is 2.84. The van der Waals surface area contributed by atoms with Gasteiger partial charge in [0.15, 0.2) is 5.96 Å². The van der Waals surface area contributed by atoms with Crippen molar-refractivity contribution < 1.29 is 4.79 Å². The zero-order valence-electron chi connectivity index (χ0n) is 13.8. The summed E-state index contributed by atoms with van der Waals surface area (Å²) in [5.74, 6) is 1.10. The molecule has 0 spiro atoms. The van der Waals surface area contributed by atoms with Crippen LogP contribution in [-0.4, -0.2) is 73.5 Å². The molecule has 22 heavy (non-hydrogen) atoms. The molecular formula is C16H29N5O. The molecule has 0 atom stereocenters. The second kappa shape index (κ2) is 8.78. The summed E-state index contributed by atoms with van der Waals surface area (Å²) in [6.07, 6.45) is 6.60. The highest BCUT2D eigenvalue weighted by Gasteiger charge is 2.18. The zero-order valence-corrected chi connectivity index (χ0v) is 13.8. The predicted octanol–water partition coefficient (Wildman–Crippen LogP) is 0.424. The van der Waals surface area contributed by atoms with Crippen LogP contribution < -0.4 is 10.6 Å². The Bertz CT molecular complexity index is 405. The molecule has 0 unspecified atom stereocenters. The number of hydrogen-bond donors (Lipinski definition) is 2. The van der Waals surface area contributed by atoms with E-state index in [1.165, 1.54) is 0 Å². The van der Waals surface area contributed by atoms with Gasteiger partial charge in [-0.1, -0.05) is 12.2 Å². The van der Waals surface area contributed by atoms with Gasteiger partial charge >= 0.3 is 0 Å². The van der Waals surface area contributed by atoms with E-state index in [2.05, 4.69) is 39.6 Å². The Morgan fingerprint density at radius 2 is 1.91 bits per heavy atom. The van der Waals surface area contributed by atoms with E-state index in [1.807, 2.05) is 4.90 Å². The van der Waals surface area contributed by atoms with Crippen LogP contribution in [0.5, 0.6) is 0 Å². The van der Waals surface area contributed by atoms with Gasteiger partial charge in [0.1, 0.15) is 0 Å². The van der Waals surface area contributed by atoms with Crippen LogP contribution in [0.2, 0.25) is 0 Å².